The molecule has 0 heterocycles. The Labute approximate surface area is 183 Å². The zero-order valence-electron chi connectivity index (χ0n) is 16.5. The molecular formula is C17H31NaO7S. The first-order valence-electron chi connectivity index (χ1n) is 9.03. The molecule has 9 heteroatoms. The number of carbonyl (C=O) groups is 2. The van der Waals surface area contributed by atoms with Gasteiger partial charge in [0.05, 0.1) is 19.1 Å². The molecule has 0 rings (SSSR count). The van der Waals surface area contributed by atoms with Crippen LogP contribution < -0.4 is 34.8 Å². The van der Waals surface area contributed by atoms with Gasteiger partial charge in [0, 0.05) is 12.0 Å². The molecule has 0 bridgehead atoms. The number of unbranched alkanes of at least 4 members (excludes halogenated alkanes) is 6. The van der Waals surface area contributed by atoms with Gasteiger partial charge in [-0.3, -0.25) is 14.6 Å². The van der Waals surface area contributed by atoms with Crippen LogP contribution in [0, 0.1) is 5.92 Å². The second-order valence-electron chi connectivity index (χ2n) is 5.90. The molecule has 148 valence electrons. The van der Waals surface area contributed by atoms with E-state index in [-0.39, 0.29) is 36.2 Å². The van der Waals surface area contributed by atoms with Gasteiger partial charge in [-0.2, -0.15) is 4.33 Å². The van der Waals surface area contributed by atoms with Crippen molar-refractivity contribution in [1.29, 1.82) is 0 Å². The Balaban J connectivity index is 0. The van der Waals surface area contributed by atoms with Crippen LogP contribution in [0.2, 0.25) is 0 Å². The monoisotopic (exact) mass is 402 g/mol. The first-order valence-corrected chi connectivity index (χ1v) is 9.84. The molecule has 26 heavy (non-hydrogen) atoms. The van der Waals surface area contributed by atoms with Crippen LogP contribution in [0.4, 0.5) is 0 Å². The molecule has 0 aromatic carbocycles. The van der Waals surface area contributed by atoms with E-state index < -0.39 is 23.1 Å². The van der Waals surface area contributed by atoms with Crippen molar-refractivity contribution < 1.29 is 63.2 Å². The van der Waals surface area contributed by atoms with Crippen molar-refractivity contribution in [2.24, 2.45) is 5.92 Å². The summed E-state index contributed by atoms with van der Waals surface area (Å²) < 4.78 is 14.6. The van der Waals surface area contributed by atoms with Crippen molar-refractivity contribution in [1.82, 2.24) is 0 Å². The van der Waals surface area contributed by atoms with Gasteiger partial charge in [0.2, 0.25) is 0 Å². The standard InChI is InChI=1S/C17H32O7S.Na/c1-4-6-8-10-12-21-16(18)14(3)15(25-24-23-20)17(19)22-13-11-9-7-5-2;/h14-15,20H,4-13H2,1-3H3;/q;+1/p-1. The molecule has 0 aromatic heterocycles. The quantitative estimate of drug-likeness (QED) is 0.0897. The van der Waals surface area contributed by atoms with Gasteiger partial charge in [-0.25, -0.2) is 0 Å². The van der Waals surface area contributed by atoms with Crippen LogP contribution in [0.15, 0.2) is 0 Å². The van der Waals surface area contributed by atoms with Crippen molar-refractivity contribution in [3.63, 3.8) is 0 Å². The van der Waals surface area contributed by atoms with E-state index in [2.05, 4.69) is 23.2 Å². The predicted molar refractivity (Wildman–Crippen MR) is 92.9 cm³/mol. The second kappa shape index (κ2) is 19.9. The van der Waals surface area contributed by atoms with E-state index in [1.165, 1.54) is 0 Å². The molecule has 0 spiro atoms. The van der Waals surface area contributed by atoms with E-state index in [1.54, 1.807) is 6.92 Å². The van der Waals surface area contributed by atoms with Crippen LogP contribution in [0.3, 0.4) is 0 Å². The van der Waals surface area contributed by atoms with Crippen molar-refractivity contribution in [3.8, 4) is 0 Å². The molecule has 0 N–H and O–H groups in total. The summed E-state index contributed by atoms with van der Waals surface area (Å²) in [5.74, 6) is -1.95. The Bertz CT molecular complexity index is 358. The van der Waals surface area contributed by atoms with Gasteiger partial charge in [0.15, 0.2) is 0 Å². The maximum atomic E-state index is 12.2. The Morgan fingerprint density at radius 2 is 1.38 bits per heavy atom. The summed E-state index contributed by atoms with van der Waals surface area (Å²) in [6.45, 7) is 6.31. The molecule has 0 aliphatic rings. The van der Waals surface area contributed by atoms with E-state index in [0.29, 0.717) is 18.6 Å². The fourth-order valence-corrected chi connectivity index (χ4v) is 2.67. The number of hydrogen-bond acceptors (Lipinski definition) is 8. The Hall–Kier alpha value is 0.170. The third kappa shape index (κ3) is 14.3. The summed E-state index contributed by atoms with van der Waals surface area (Å²) in [5, 5.41) is 12.3. The average molecular weight is 402 g/mol. The topological polar surface area (TPSA) is 94.1 Å². The Morgan fingerprint density at radius 3 is 1.85 bits per heavy atom. The van der Waals surface area contributed by atoms with Crippen LogP contribution in [0.25, 0.3) is 0 Å². The Morgan fingerprint density at radius 1 is 0.885 bits per heavy atom. The van der Waals surface area contributed by atoms with Gasteiger partial charge in [-0.15, -0.1) is 0 Å². The first-order chi connectivity index (χ1) is 12.1. The van der Waals surface area contributed by atoms with Crippen LogP contribution in [-0.4, -0.2) is 30.4 Å². The molecule has 0 amide bonds. The molecule has 0 fully saturated rings. The largest absolute Gasteiger partial charge is 1.00 e. The number of esters is 2. The molecule has 0 aromatic rings. The number of ether oxygens (including phenoxy) is 2. The molecular weight excluding hydrogens is 371 g/mol. The van der Waals surface area contributed by atoms with Crippen LogP contribution >= 0.6 is 12.0 Å². The number of hydrogen-bond donors (Lipinski definition) is 0. The fourth-order valence-electron chi connectivity index (χ4n) is 2.13. The predicted octanol–water partition coefficient (Wildman–Crippen LogP) is 0.114. The number of rotatable bonds is 16. The van der Waals surface area contributed by atoms with Crippen molar-refractivity contribution in [2.45, 2.75) is 77.4 Å². The van der Waals surface area contributed by atoms with Gasteiger partial charge in [-0.05, 0) is 12.8 Å². The minimum absolute atomic E-state index is 0. The minimum Gasteiger partial charge on any atom is -0.691 e. The maximum Gasteiger partial charge on any atom is 1.00 e. The molecule has 2 unspecified atom stereocenters. The van der Waals surface area contributed by atoms with E-state index >= 15 is 0 Å². The first kappa shape index (κ1) is 28.4. The molecule has 0 saturated heterocycles. The summed E-state index contributed by atoms with van der Waals surface area (Å²) in [7, 11) is 0. The molecule has 7 nitrogen and oxygen atoms in total. The maximum absolute atomic E-state index is 12.2. The molecule has 0 saturated carbocycles. The smallest absolute Gasteiger partial charge is 0.691 e. The van der Waals surface area contributed by atoms with Crippen LogP contribution in [0.5, 0.6) is 0 Å². The minimum atomic E-state index is -1.01. The van der Waals surface area contributed by atoms with Crippen LogP contribution in [0.1, 0.15) is 72.1 Å². The van der Waals surface area contributed by atoms with Gasteiger partial charge < -0.3 is 14.7 Å². The Kier molecular flexibility index (Phi) is 21.7. The second-order valence-corrected chi connectivity index (χ2v) is 6.73. The average Bonchev–Trinajstić information content (AvgIpc) is 2.61. The third-order valence-electron chi connectivity index (χ3n) is 3.71. The van der Waals surface area contributed by atoms with Gasteiger partial charge in [0.25, 0.3) is 0 Å². The van der Waals surface area contributed by atoms with E-state index in [4.69, 9.17) is 9.47 Å². The zero-order chi connectivity index (χ0) is 18.9. The molecule has 0 radical (unpaired) electrons. The number of carbonyl (C=O) groups excluding carboxylic acids is 2. The third-order valence-corrected chi connectivity index (χ3v) is 4.66. The summed E-state index contributed by atoms with van der Waals surface area (Å²) in [5.41, 5.74) is 0. The SMILES string of the molecule is CCCCCCOC(=O)C(C)C(SOO[O-])C(=O)OCCCCCC.[Na+]. The van der Waals surface area contributed by atoms with E-state index in [9.17, 15) is 14.8 Å². The molecule has 2 atom stereocenters. The summed E-state index contributed by atoms with van der Waals surface area (Å²) in [6.07, 6.45) is 7.84. The van der Waals surface area contributed by atoms with E-state index in [1.807, 2.05) is 0 Å². The van der Waals surface area contributed by atoms with Crippen molar-refractivity contribution in [2.75, 3.05) is 13.2 Å². The molecule has 0 aliphatic heterocycles. The van der Waals surface area contributed by atoms with Crippen LogP contribution in [-0.2, 0) is 28.4 Å². The van der Waals surface area contributed by atoms with Gasteiger partial charge in [-0.1, -0.05) is 59.3 Å². The fraction of sp³-hybridized carbons (Fsp3) is 0.882. The van der Waals surface area contributed by atoms with Gasteiger partial charge in [0.1, 0.15) is 5.25 Å². The van der Waals surface area contributed by atoms with Crippen molar-refractivity contribution >= 4 is 24.0 Å². The normalized spacial score (nSPS) is 12.8. The summed E-state index contributed by atoms with van der Waals surface area (Å²) in [4.78, 5) is 24.2. The van der Waals surface area contributed by atoms with Gasteiger partial charge >= 0.3 is 41.5 Å². The molecule has 0 aliphatic carbocycles. The summed E-state index contributed by atoms with van der Waals surface area (Å²) in [6, 6.07) is 0. The summed E-state index contributed by atoms with van der Waals surface area (Å²) >= 11 is 0.472. The van der Waals surface area contributed by atoms with E-state index in [0.717, 1.165) is 51.4 Å². The zero-order valence-corrected chi connectivity index (χ0v) is 19.3. The van der Waals surface area contributed by atoms with Crippen molar-refractivity contribution in [3.05, 3.63) is 0 Å².